The number of benzene rings is 2. The van der Waals surface area contributed by atoms with E-state index in [9.17, 15) is 13.9 Å². The van der Waals surface area contributed by atoms with Crippen molar-refractivity contribution in [2.24, 2.45) is 0 Å². The van der Waals surface area contributed by atoms with Gasteiger partial charge < -0.3 is 9.84 Å². The van der Waals surface area contributed by atoms with E-state index in [1.54, 1.807) is 24.3 Å². The lowest BCUT2D eigenvalue weighted by atomic mass is 10.0. The highest BCUT2D eigenvalue weighted by atomic mass is 35.5. The molecule has 0 aliphatic rings. The minimum absolute atomic E-state index is 0.401. The summed E-state index contributed by atoms with van der Waals surface area (Å²) in [6, 6.07) is 9.98. The van der Waals surface area contributed by atoms with Crippen LogP contribution in [0.3, 0.4) is 0 Å². The molecule has 2 aromatic carbocycles. The molecule has 2 nitrogen and oxygen atoms in total. The van der Waals surface area contributed by atoms with Gasteiger partial charge in [-0.3, -0.25) is 0 Å². The van der Waals surface area contributed by atoms with Gasteiger partial charge in [0.15, 0.2) is 0 Å². The van der Waals surface area contributed by atoms with Gasteiger partial charge in [-0.25, -0.2) is 8.78 Å². The fourth-order valence-electron chi connectivity index (χ4n) is 1.85. The number of rotatable bonds is 4. The third-order valence-corrected chi connectivity index (χ3v) is 3.09. The van der Waals surface area contributed by atoms with Crippen molar-refractivity contribution in [2.45, 2.75) is 19.1 Å². The second kappa shape index (κ2) is 6.20. The van der Waals surface area contributed by atoms with Crippen LogP contribution in [0.4, 0.5) is 8.78 Å². The number of aliphatic hydroxyl groups excluding tert-OH is 1. The smallest absolute Gasteiger partial charge is 0.132 e. The van der Waals surface area contributed by atoms with Gasteiger partial charge >= 0.3 is 0 Å². The molecule has 0 saturated carbocycles. The van der Waals surface area contributed by atoms with Crippen LogP contribution in [0.5, 0.6) is 5.75 Å². The van der Waals surface area contributed by atoms with Gasteiger partial charge in [-0.05, 0) is 37.3 Å². The van der Waals surface area contributed by atoms with Crippen LogP contribution >= 0.6 is 11.6 Å². The first kappa shape index (κ1) is 14.8. The molecule has 106 valence electrons. The molecule has 0 aliphatic carbocycles. The molecule has 0 aromatic heterocycles. The predicted molar refractivity (Wildman–Crippen MR) is 72.9 cm³/mol. The SMILES string of the molecule is CC(Oc1cccc(Cl)c1)C(O)c1c(F)cccc1F. The van der Waals surface area contributed by atoms with Crippen molar-refractivity contribution in [1.82, 2.24) is 0 Å². The highest BCUT2D eigenvalue weighted by molar-refractivity contribution is 6.30. The average molecular weight is 299 g/mol. The van der Waals surface area contributed by atoms with Crippen molar-refractivity contribution in [3.63, 3.8) is 0 Å². The topological polar surface area (TPSA) is 29.5 Å². The van der Waals surface area contributed by atoms with E-state index in [1.807, 2.05) is 0 Å². The summed E-state index contributed by atoms with van der Waals surface area (Å²) in [4.78, 5) is 0. The van der Waals surface area contributed by atoms with Crippen LogP contribution in [0.25, 0.3) is 0 Å². The van der Waals surface area contributed by atoms with Crippen LogP contribution in [0.2, 0.25) is 5.02 Å². The Morgan fingerprint density at radius 3 is 2.30 bits per heavy atom. The van der Waals surface area contributed by atoms with Crippen LogP contribution < -0.4 is 4.74 Å². The minimum Gasteiger partial charge on any atom is -0.488 e. The molecule has 0 spiro atoms. The zero-order chi connectivity index (χ0) is 14.7. The summed E-state index contributed by atoms with van der Waals surface area (Å²) in [6.07, 6.45) is -2.25. The van der Waals surface area contributed by atoms with E-state index in [4.69, 9.17) is 16.3 Å². The summed E-state index contributed by atoms with van der Waals surface area (Å²) >= 11 is 5.81. The number of aliphatic hydroxyl groups is 1. The molecule has 2 rings (SSSR count). The van der Waals surface area contributed by atoms with Crippen molar-refractivity contribution >= 4 is 11.6 Å². The van der Waals surface area contributed by atoms with Crippen molar-refractivity contribution < 1.29 is 18.6 Å². The molecule has 20 heavy (non-hydrogen) atoms. The Labute approximate surface area is 120 Å². The maximum Gasteiger partial charge on any atom is 0.132 e. The maximum atomic E-state index is 13.6. The molecule has 2 aromatic rings. The van der Waals surface area contributed by atoms with Gasteiger partial charge in [0.2, 0.25) is 0 Å². The first-order valence-corrected chi connectivity index (χ1v) is 6.41. The van der Waals surface area contributed by atoms with Gasteiger partial charge in [0.25, 0.3) is 0 Å². The van der Waals surface area contributed by atoms with Crippen LogP contribution in [-0.4, -0.2) is 11.2 Å². The number of ether oxygens (including phenoxy) is 1. The van der Waals surface area contributed by atoms with Crippen molar-refractivity contribution in [3.05, 3.63) is 64.7 Å². The molecule has 0 saturated heterocycles. The molecular weight excluding hydrogens is 286 g/mol. The van der Waals surface area contributed by atoms with E-state index >= 15 is 0 Å². The minimum atomic E-state index is -1.42. The normalized spacial score (nSPS) is 13.8. The quantitative estimate of drug-likeness (QED) is 0.920. The van der Waals surface area contributed by atoms with Crippen LogP contribution in [-0.2, 0) is 0 Å². The van der Waals surface area contributed by atoms with Crippen LogP contribution in [0.15, 0.2) is 42.5 Å². The largest absolute Gasteiger partial charge is 0.488 e. The molecule has 1 N–H and O–H groups in total. The van der Waals surface area contributed by atoms with Gasteiger partial charge in [-0.15, -0.1) is 0 Å². The maximum absolute atomic E-state index is 13.6. The summed E-state index contributed by atoms with van der Waals surface area (Å²) in [7, 11) is 0. The molecule has 0 bridgehead atoms. The zero-order valence-electron chi connectivity index (χ0n) is 10.7. The molecule has 5 heteroatoms. The molecule has 2 atom stereocenters. The third kappa shape index (κ3) is 3.26. The third-order valence-electron chi connectivity index (χ3n) is 2.86. The monoisotopic (exact) mass is 298 g/mol. The standard InChI is InChI=1S/C15H13ClF2O2/c1-9(20-11-5-2-4-10(16)8-11)15(19)14-12(17)6-3-7-13(14)18/h2-9,15,19H,1H3. The van der Waals surface area contributed by atoms with Gasteiger partial charge in [0.05, 0.1) is 5.56 Å². The van der Waals surface area contributed by atoms with Crippen LogP contribution in [0, 0.1) is 11.6 Å². The summed E-state index contributed by atoms with van der Waals surface area (Å²) in [5.74, 6) is -1.20. The lowest BCUT2D eigenvalue weighted by Gasteiger charge is -2.21. The second-order valence-corrected chi connectivity index (χ2v) is 4.80. The molecule has 0 aliphatic heterocycles. The van der Waals surface area contributed by atoms with Crippen molar-refractivity contribution in [1.29, 1.82) is 0 Å². The summed E-state index contributed by atoms with van der Waals surface area (Å²) in [5.41, 5.74) is -0.401. The average Bonchev–Trinajstić information content (AvgIpc) is 2.38. The Morgan fingerprint density at radius 1 is 1.10 bits per heavy atom. The number of hydrogen-bond acceptors (Lipinski definition) is 2. The molecule has 0 heterocycles. The highest BCUT2D eigenvalue weighted by Gasteiger charge is 2.24. The van der Waals surface area contributed by atoms with E-state index < -0.39 is 29.4 Å². The van der Waals surface area contributed by atoms with Gasteiger partial charge in [0.1, 0.15) is 29.6 Å². The van der Waals surface area contributed by atoms with E-state index in [2.05, 4.69) is 0 Å². The fourth-order valence-corrected chi connectivity index (χ4v) is 2.03. The van der Waals surface area contributed by atoms with Crippen molar-refractivity contribution in [3.8, 4) is 5.75 Å². The summed E-state index contributed by atoms with van der Waals surface area (Å²) in [6.45, 7) is 1.53. The van der Waals surface area contributed by atoms with Crippen molar-refractivity contribution in [2.75, 3.05) is 0 Å². The molecule has 0 fully saturated rings. The zero-order valence-corrected chi connectivity index (χ0v) is 11.4. The van der Waals surface area contributed by atoms with Crippen LogP contribution in [0.1, 0.15) is 18.6 Å². The van der Waals surface area contributed by atoms with Gasteiger partial charge in [-0.1, -0.05) is 23.7 Å². The van der Waals surface area contributed by atoms with E-state index in [0.717, 1.165) is 12.1 Å². The van der Waals surface area contributed by atoms with E-state index in [-0.39, 0.29) is 0 Å². The fraction of sp³-hybridized carbons (Fsp3) is 0.200. The second-order valence-electron chi connectivity index (χ2n) is 4.36. The lowest BCUT2D eigenvalue weighted by molar-refractivity contribution is 0.0417. The Kier molecular flexibility index (Phi) is 4.57. The molecule has 2 unspecified atom stereocenters. The number of hydrogen-bond donors (Lipinski definition) is 1. The predicted octanol–water partition coefficient (Wildman–Crippen LogP) is 4.12. The summed E-state index contributed by atoms with van der Waals surface area (Å²) < 4.78 is 32.6. The first-order chi connectivity index (χ1) is 9.49. The lowest BCUT2D eigenvalue weighted by Crippen LogP contribution is -2.23. The van der Waals surface area contributed by atoms with E-state index in [0.29, 0.717) is 10.8 Å². The van der Waals surface area contributed by atoms with E-state index in [1.165, 1.54) is 13.0 Å². The first-order valence-electron chi connectivity index (χ1n) is 6.03. The molecular formula is C15H13ClF2O2. The number of halogens is 3. The Balaban J connectivity index is 2.18. The highest BCUT2D eigenvalue weighted by Crippen LogP contribution is 2.27. The Bertz CT molecular complexity index is 584. The Hall–Kier alpha value is -1.65. The summed E-state index contributed by atoms with van der Waals surface area (Å²) in [5, 5.41) is 10.5. The van der Waals surface area contributed by atoms with Gasteiger partial charge in [0, 0.05) is 5.02 Å². The molecule has 0 radical (unpaired) electrons. The Morgan fingerprint density at radius 2 is 1.70 bits per heavy atom. The molecule has 0 amide bonds. The van der Waals surface area contributed by atoms with Gasteiger partial charge in [-0.2, -0.15) is 0 Å².